The van der Waals surface area contributed by atoms with Crippen molar-refractivity contribution in [3.63, 3.8) is 0 Å². The molecule has 4 heteroatoms. The third kappa shape index (κ3) is 3.91. The van der Waals surface area contributed by atoms with E-state index in [1.165, 1.54) is 16.3 Å². The van der Waals surface area contributed by atoms with Crippen molar-refractivity contribution in [3.8, 4) is 11.5 Å². The summed E-state index contributed by atoms with van der Waals surface area (Å²) in [6, 6.07) is 19.8. The zero-order chi connectivity index (χ0) is 17.6. The highest BCUT2D eigenvalue weighted by atomic mass is 16.5. The lowest BCUT2D eigenvalue weighted by Gasteiger charge is -2.11. The monoisotopic (exact) mass is 335 g/mol. The lowest BCUT2D eigenvalue weighted by Crippen LogP contribution is -2.12. The molecule has 4 nitrogen and oxygen atoms in total. The van der Waals surface area contributed by atoms with Crippen LogP contribution < -0.4 is 14.8 Å². The van der Waals surface area contributed by atoms with Crippen LogP contribution in [0.3, 0.4) is 0 Å². The molecule has 0 unspecified atom stereocenters. The van der Waals surface area contributed by atoms with E-state index >= 15 is 0 Å². The molecule has 128 valence electrons. The van der Waals surface area contributed by atoms with Crippen LogP contribution in [0.25, 0.3) is 10.8 Å². The SMILES string of the molecule is COc1ccc(NC(=O)CCc2cccc3ccccc23)cc1OC. The molecule has 0 radical (unpaired) electrons. The molecule has 25 heavy (non-hydrogen) atoms. The minimum atomic E-state index is -0.0276. The molecule has 0 aliphatic heterocycles. The molecule has 3 aromatic rings. The van der Waals surface area contributed by atoms with Crippen LogP contribution in [0, 0.1) is 0 Å². The van der Waals surface area contributed by atoms with E-state index in [9.17, 15) is 4.79 Å². The van der Waals surface area contributed by atoms with Gasteiger partial charge in [0.25, 0.3) is 0 Å². The number of carbonyl (C=O) groups excluding carboxylic acids is 1. The number of nitrogens with one attached hydrogen (secondary N) is 1. The second kappa shape index (κ2) is 7.71. The van der Waals surface area contributed by atoms with Crippen LogP contribution in [0.2, 0.25) is 0 Å². The summed E-state index contributed by atoms with van der Waals surface area (Å²) < 4.78 is 10.5. The second-order valence-corrected chi connectivity index (χ2v) is 5.76. The summed E-state index contributed by atoms with van der Waals surface area (Å²) in [5.41, 5.74) is 1.88. The molecule has 3 aromatic carbocycles. The fourth-order valence-electron chi connectivity index (χ4n) is 2.90. The van der Waals surface area contributed by atoms with Crippen molar-refractivity contribution in [2.24, 2.45) is 0 Å². The van der Waals surface area contributed by atoms with Gasteiger partial charge in [0.05, 0.1) is 14.2 Å². The maximum Gasteiger partial charge on any atom is 0.224 e. The number of aryl methyl sites for hydroxylation is 1. The van der Waals surface area contributed by atoms with E-state index in [2.05, 4.69) is 29.6 Å². The number of fused-ring (bicyclic) bond motifs is 1. The van der Waals surface area contributed by atoms with E-state index in [4.69, 9.17) is 9.47 Å². The highest BCUT2D eigenvalue weighted by Crippen LogP contribution is 2.29. The number of anilines is 1. The van der Waals surface area contributed by atoms with Gasteiger partial charge >= 0.3 is 0 Å². The molecule has 0 fully saturated rings. The van der Waals surface area contributed by atoms with Crippen molar-refractivity contribution in [1.29, 1.82) is 0 Å². The van der Waals surface area contributed by atoms with Crippen LogP contribution in [0.4, 0.5) is 5.69 Å². The third-order valence-corrected chi connectivity index (χ3v) is 4.17. The largest absolute Gasteiger partial charge is 0.493 e. The molecule has 1 amide bonds. The van der Waals surface area contributed by atoms with E-state index in [1.54, 1.807) is 32.4 Å². The van der Waals surface area contributed by atoms with Gasteiger partial charge < -0.3 is 14.8 Å². The first kappa shape index (κ1) is 16.8. The molecule has 3 rings (SSSR count). The summed E-state index contributed by atoms with van der Waals surface area (Å²) in [7, 11) is 3.16. The number of rotatable bonds is 6. The number of hydrogen-bond acceptors (Lipinski definition) is 3. The Morgan fingerprint density at radius 1 is 0.920 bits per heavy atom. The number of amides is 1. The quantitative estimate of drug-likeness (QED) is 0.725. The van der Waals surface area contributed by atoms with Crippen LogP contribution in [0.1, 0.15) is 12.0 Å². The molecule has 0 bridgehead atoms. The fourth-order valence-corrected chi connectivity index (χ4v) is 2.90. The van der Waals surface area contributed by atoms with E-state index in [-0.39, 0.29) is 5.91 Å². The Morgan fingerprint density at radius 2 is 1.68 bits per heavy atom. The normalized spacial score (nSPS) is 10.5. The molecular formula is C21H21NO3. The van der Waals surface area contributed by atoms with Crippen molar-refractivity contribution >= 4 is 22.4 Å². The Balaban J connectivity index is 1.67. The molecule has 0 heterocycles. The standard InChI is InChI=1S/C21H21NO3/c1-24-19-12-11-17(14-20(19)25-2)22-21(23)13-10-16-8-5-7-15-6-3-4-9-18(15)16/h3-9,11-12,14H,10,13H2,1-2H3,(H,22,23). The van der Waals surface area contributed by atoms with E-state index in [0.29, 0.717) is 30.0 Å². The predicted molar refractivity (Wildman–Crippen MR) is 100 cm³/mol. The van der Waals surface area contributed by atoms with Gasteiger partial charge in [-0.3, -0.25) is 4.79 Å². The van der Waals surface area contributed by atoms with Crippen LogP contribution in [-0.4, -0.2) is 20.1 Å². The van der Waals surface area contributed by atoms with Crippen LogP contribution in [0.5, 0.6) is 11.5 Å². The van der Waals surface area contributed by atoms with Crippen molar-refractivity contribution in [2.45, 2.75) is 12.8 Å². The fraction of sp³-hybridized carbons (Fsp3) is 0.190. The topological polar surface area (TPSA) is 47.6 Å². The van der Waals surface area contributed by atoms with Gasteiger partial charge in [-0.15, -0.1) is 0 Å². The Hall–Kier alpha value is -3.01. The summed E-state index contributed by atoms with van der Waals surface area (Å²) in [5, 5.41) is 5.30. The van der Waals surface area contributed by atoms with Crippen molar-refractivity contribution in [3.05, 3.63) is 66.2 Å². The summed E-state index contributed by atoms with van der Waals surface area (Å²) in [6.07, 6.45) is 1.11. The first-order valence-electron chi connectivity index (χ1n) is 8.20. The molecule has 0 saturated carbocycles. The van der Waals surface area contributed by atoms with Crippen molar-refractivity contribution < 1.29 is 14.3 Å². The van der Waals surface area contributed by atoms with Gasteiger partial charge in [0, 0.05) is 18.2 Å². The summed E-state index contributed by atoms with van der Waals surface area (Å²) in [4.78, 5) is 12.3. The number of benzene rings is 3. The minimum Gasteiger partial charge on any atom is -0.493 e. The first-order chi connectivity index (χ1) is 12.2. The lowest BCUT2D eigenvalue weighted by molar-refractivity contribution is -0.116. The van der Waals surface area contributed by atoms with Gasteiger partial charge in [0.15, 0.2) is 11.5 Å². The number of ether oxygens (including phenoxy) is 2. The van der Waals surface area contributed by atoms with Gasteiger partial charge in [-0.2, -0.15) is 0 Å². The van der Waals surface area contributed by atoms with Gasteiger partial charge in [0.2, 0.25) is 5.91 Å². The van der Waals surface area contributed by atoms with E-state index in [1.807, 2.05) is 18.2 Å². The zero-order valence-corrected chi connectivity index (χ0v) is 14.4. The van der Waals surface area contributed by atoms with Crippen LogP contribution in [0.15, 0.2) is 60.7 Å². The van der Waals surface area contributed by atoms with Gasteiger partial charge in [0.1, 0.15) is 0 Å². The average molecular weight is 335 g/mol. The van der Waals surface area contributed by atoms with Gasteiger partial charge in [-0.25, -0.2) is 0 Å². The van der Waals surface area contributed by atoms with Crippen molar-refractivity contribution in [2.75, 3.05) is 19.5 Å². The number of hydrogen-bond donors (Lipinski definition) is 1. The predicted octanol–water partition coefficient (Wildman–Crippen LogP) is 4.43. The number of carbonyl (C=O) groups is 1. The van der Waals surface area contributed by atoms with Crippen LogP contribution in [-0.2, 0) is 11.2 Å². The minimum absolute atomic E-state index is 0.0276. The average Bonchev–Trinajstić information content (AvgIpc) is 2.66. The Morgan fingerprint density at radius 3 is 2.48 bits per heavy atom. The van der Waals surface area contributed by atoms with Crippen LogP contribution >= 0.6 is 0 Å². The first-order valence-corrected chi connectivity index (χ1v) is 8.20. The zero-order valence-electron chi connectivity index (χ0n) is 14.4. The second-order valence-electron chi connectivity index (χ2n) is 5.76. The molecule has 0 aliphatic carbocycles. The van der Waals surface area contributed by atoms with Gasteiger partial charge in [-0.1, -0.05) is 42.5 Å². The van der Waals surface area contributed by atoms with Gasteiger partial charge in [-0.05, 0) is 34.9 Å². The highest BCUT2D eigenvalue weighted by molar-refractivity contribution is 5.92. The lowest BCUT2D eigenvalue weighted by atomic mass is 10.0. The maximum absolute atomic E-state index is 12.3. The highest BCUT2D eigenvalue weighted by Gasteiger charge is 2.08. The summed E-state index contributed by atoms with van der Waals surface area (Å²) >= 11 is 0. The van der Waals surface area contributed by atoms with E-state index in [0.717, 1.165) is 0 Å². The molecule has 0 aromatic heterocycles. The third-order valence-electron chi connectivity index (χ3n) is 4.17. The van der Waals surface area contributed by atoms with E-state index < -0.39 is 0 Å². The van der Waals surface area contributed by atoms with Crippen molar-refractivity contribution in [1.82, 2.24) is 0 Å². The Labute approximate surface area is 147 Å². The number of methoxy groups -OCH3 is 2. The molecule has 1 N–H and O–H groups in total. The Kier molecular flexibility index (Phi) is 5.19. The molecular weight excluding hydrogens is 314 g/mol. The summed E-state index contributed by atoms with van der Waals surface area (Å²) in [5.74, 6) is 1.20. The Bertz CT molecular complexity index is 884. The summed E-state index contributed by atoms with van der Waals surface area (Å²) in [6.45, 7) is 0. The maximum atomic E-state index is 12.3. The molecule has 0 atom stereocenters. The smallest absolute Gasteiger partial charge is 0.224 e. The molecule has 0 aliphatic rings. The molecule has 0 spiro atoms. The molecule has 0 saturated heterocycles.